The number of nitrogens with zero attached hydrogens (tertiary/aromatic N) is 1. The van der Waals surface area contributed by atoms with E-state index in [1.54, 1.807) is 40.8 Å². The maximum absolute atomic E-state index is 13.7. The number of hydrogen-bond donors (Lipinski definition) is 2. The molecule has 0 bridgehead atoms. The summed E-state index contributed by atoms with van der Waals surface area (Å²) in [6, 6.07) is 3.71. The number of ether oxygens (including phenoxy) is 2. The van der Waals surface area contributed by atoms with Gasteiger partial charge >= 0.3 is 12.1 Å². The molecular formula is C27H43N3O6. The zero-order valence-corrected chi connectivity index (χ0v) is 23.2. The molecule has 0 radical (unpaired) electrons. The number of amides is 3. The Hall–Kier alpha value is -3.10. The number of aryl methyl sites for hydroxylation is 2. The molecule has 1 aromatic carbocycles. The average molecular weight is 506 g/mol. The number of benzene rings is 1. The minimum atomic E-state index is -0.967. The third-order valence-corrected chi connectivity index (χ3v) is 5.91. The summed E-state index contributed by atoms with van der Waals surface area (Å²) in [7, 11) is 1.54. The zero-order chi connectivity index (χ0) is 27.6. The van der Waals surface area contributed by atoms with Crippen LogP contribution in [0.2, 0.25) is 0 Å². The fraction of sp³-hybridized carbons (Fsp3) is 0.630. The molecule has 36 heavy (non-hydrogen) atoms. The van der Waals surface area contributed by atoms with E-state index in [9.17, 15) is 19.2 Å². The smallest absolute Gasteiger partial charge is 0.408 e. The number of rotatable bonds is 11. The first-order valence-corrected chi connectivity index (χ1v) is 12.5. The van der Waals surface area contributed by atoms with Gasteiger partial charge in [-0.3, -0.25) is 14.4 Å². The molecule has 0 aromatic heterocycles. The topological polar surface area (TPSA) is 114 Å². The minimum absolute atomic E-state index is 0.0204. The van der Waals surface area contributed by atoms with E-state index in [1.807, 2.05) is 39.8 Å². The molecule has 0 spiro atoms. The van der Waals surface area contributed by atoms with E-state index in [1.165, 1.54) is 4.90 Å². The molecule has 2 N–H and O–H groups in total. The normalized spacial score (nSPS) is 13.7. The summed E-state index contributed by atoms with van der Waals surface area (Å²) < 4.78 is 10.3. The third kappa shape index (κ3) is 9.51. The van der Waals surface area contributed by atoms with E-state index in [4.69, 9.17) is 9.47 Å². The number of carbonyl (C=O) groups excluding carboxylic acids is 4. The number of carbonyl (C=O) groups is 4. The summed E-state index contributed by atoms with van der Waals surface area (Å²) in [5, 5.41) is 5.45. The first-order chi connectivity index (χ1) is 16.7. The molecular weight excluding hydrogens is 462 g/mol. The van der Waals surface area contributed by atoms with Gasteiger partial charge in [-0.1, -0.05) is 38.5 Å². The summed E-state index contributed by atoms with van der Waals surface area (Å²) in [5.74, 6) is -1.47. The number of esters is 1. The van der Waals surface area contributed by atoms with Crippen LogP contribution in [-0.2, 0) is 23.9 Å². The Kier molecular flexibility index (Phi) is 11.9. The molecule has 0 fully saturated rings. The van der Waals surface area contributed by atoms with Crippen LogP contribution in [-0.4, -0.2) is 60.6 Å². The predicted octanol–water partition coefficient (Wildman–Crippen LogP) is 3.81. The molecule has 1 aromatic rings. The third-order valence-electron chi connectivity index (χ3n) is 5.91. The van der Waals surface area contributed by atoms with Crippen LogP contribution in [0.3, 0.4) is 0 Å². The van der Waals surface area contributed by atoms with Crippen molar-refractivity contribution in [1.29, 1.82) is 0 Å². The highest BCUT2D eigenvalue weighted by molar-refractivity contribution is 5.92. The lowest BCUT2D eigenvalue weighted by Crippen LogP contribution is -2.54. The lowest BCUT2D eigenvalue weighted by Gasteiger charge is -2.33. The highest BCUT2D eigenvalue weighted by Crippen LogP contribution is 2.25. The fourth-order valence-corrected chi connectivity index (χ4v) is 3.57. The summed E-state index contributed by atoms with van der Waals surface area (Å²) >= 11 is 0. The Bertz CT molecular complexity index is 925. The number of hydrogen-bond acceptors (Lipinski definition) is 6. The van der Waals surface area contributed by atoms with Crippen molar-refractivity contribution < 1.29 is 28.7 Å². The van der Waals surface area contributed by atoms with Gasteiger partial charge in [-0.15, -0.1) is 0 Å². The van der Waals surface area contributed by atoms with Crippen molar-refractivity contribution in [1.82, 2.24) is 15.5 Å². The Morgan fingerprint density at radius 3 is 2.22 bits per heavy atom. The highest BCUT2D eigenvalue weighted by Gasteiger charge is 2.36. The van der Waals surface area contributed by atoms with Crippen LogP contribution >= 0.6 is 0 Å². The van der Waals surface area contributed by atoms with E-state index in [2.05, 4.69) is 10.6 Å². The van der Waals surface area contributed by atoms with Crippen LogP contribution in [0.5, 0.6) is 0 Å². The van der Waals surface area contributed by atoms with Gasteiger partial charge < -0.3 is 25.0 Å². The van der Waals surface area contributed by atoms with Gasteiger partial charge in [0.2, 0.25) is 11.8 Å². The van der Waals surface area contributed by atoms with Gasteiger partial charge in [0.25, 0.3) is 0 Å². The second-order valence-electron chi connectivity index (χ2n) is 10.1. The van der Waals surface area contributed by atoms with Crippen LogP contribution in [0, 0.1) is 19.8 Å². The van der Waals surface area contributed by atoms with Crippen molar-refractivity contribution in [2.75, 3.05) is 20.2 Å². The van der Waals surface area contributed by atoms with Gasteiger partial charge in [0.1, 0.15) is 17.7 Å². The molecule has 0 aliphatic carbocycles. The molecule has 9 nitrogen and oxygen atoms in total. The first kappa shape index (κ1) is 30.9. The van der Waals surface area contributed by atoms with Crippen LogP contribution in [0.15, 0.2) is 18.2 Å². The first-order valence-electron chi connectivity index (χ1n) is 12.5. The zero-order valence-electron chi connectivity index (χ0n) is 23.2. The van der Waals surface area contributed by atoms with Crippen LogP contribution in [0.25, 0.3) is 0 Å². The minimum Gasteiger partial charge on any atom is -0.466 e. The van der Waals surface area contributed by atoms with E-state index in [-0.39, 0.29) is 25.5 Å². The molecule has 1 rings (SSSR count). The Morgan fingerprint density at radius 1 is 1.06 bits per heavy atom. The molecule has 0 aliphatic heterocycles. The molecule has 0 heterocycles. The van der Waals surface area contributed by atoms with E-state index in [0.29, 0.717) is 12.0 Å². The second kappa shape index (κ2) is 13.8. The van der Waals surface area contributed by atoms with E-state index >= 15 is 0 Å². The lowest BCUT2D eigenvalue weighted by atomic mass is 9.95. The molecule has 202 valence electrons. The van der Waals surface area contributed by atoms with Gasteiger partial charge in [-0.25, -0.2) is 4.79 Å². The summed E-state index contributed by atoms with van der Waals surface area (Å²) in [5.41, 5.74) is 1.93. The summed E-state index contributed by atoms with van der Waals surface area (Å²) in [4.78, 5) is 52.6. The molecule has 3 amide bonds. The number of likely N-dealkylation sites (N-methyl/N-ethyl adjacent to an activating group) is 1. The monoisotopic (exact) mass is 505 g/mol. The maximum Gasteiger partial charge on any atom is 0.408 e. The van der Waals surface area contributed by atoms with Crippen molar-refractivity contribution in [2.24, 2.45) is 5.92 Å². The summed E-state index contributed by atoms with van der Waals surface area (Å²) in [6.45, 7) is 15.0. The van der Waals surface area contributed by atoms with E-state index < -0.39 is 41.6 Å². The van der Waals surface area contributed by atoms with Gasteiger partial charge in [0, 0.05) is 13.6 Å². The standard InChI is InChI=1S/C27H43N3O6/c1-10-17(3)22(29-26(34)36-27(6,7)8)25(33)30(9)23(20-13-12-18(4)19(5)16-20)24(32)28-15-14-21(31)35-11-2/h12-13,16-17,22-23H,10-11,14-15H2,1-9H3,(H,28,32)(H,29,34). The molecule has 9 heteroatoms. The van der Waals surface area contributed by atoms with Crippen molar-refractivity contribution in [2.45, 2.75) is 85.9 Å². The molecule has 0 saturated heterocycles. The van der Waals surface area contributed by atoms with Gasteiger partial charge in [-0.05, 0) is 64.2 Å². The second-order valence-corrected chi connectivity index (χ2v) is 10.1. The SMILES string of the molecule is CCOC(=O)CCNC(=O)C(c1ccc(C)c(C)c1)N(C)C(=O)C(NC(=O)OC(C)(C)C)C(C)CC. The molecule has 0 saturated carbocycles. The van der Waals surface area contributed by atoms with Gasteiger partial charge in [0.05, 0.1) is 13.0 Å². The quantitative estimate of drug-likeness (QED) is 0.442. The Balaban J connectivity index is 3.25. The van der Waals surface area contributed by atoms with Gasteiger partial charge in [-0.2, -0.15) is 0 Å². The number of alkyl carbamates (subject to hydrolysis) is 1. The Morgan fingerprint density at radius 2 is 1.69 bits per heavy atom. The lowest BCUT2D eigenvalue weighted by molar-refractivity contribution is -0.144. The fourth-order valence-electron chi connectivity index (χ4n) is 3.57. The molecule has 3 atom stereocenters. The van der Waals surface area contributed by atoms with Crippen molar-refractivity contribution >= 4 is 23.9 Å². The molecule has 0 aliphatic rings. The largest absolute Gasteiger partial charge is 0.466 e. The summed E-state index contributed by atoms with van der Waals surface area (Å²) in [6.07, 6.45) is -0.0525. The Labute approximate surface area is 215 Å². The van der Waals surface area contributed by atoms with Gasteiger partial charge in [0.15, 0.2) is 0 Å². The molecule has 3 unspecified atom stereocenters. The van der Waals surface area contributed by atoms with Crippen LogP contribution in [0.4, 0.5) is 4.79 Å². The van der Waals surface area contributed by atoms with Crippen molar-refractivity contribution in [3.8, 4) is 0 Å². The maximum atomic E-state index is 13.7. The van der Waals surface area contributed by atoms with Crippen molar-refractivity contribution in [3.05, 3.63) is 34.9 Å². The average Bonchev–Trinajstić information content (AvgIpc) is 2.78. The highest BCUT2D eigenvalue weighted by atomic mass is 16.6. The predicted molar refractivity (Wildman–Crippen MR) is 138 cm³/mol. The van der Waals surface area contributed by atoms with Crippen LogP contribution < -0.4 is 10.6 Å². The number of nitrogens with one attached hydrogen (secondary N) is 2. The van der Waals surface area contributed by atoms with E-state index in [0.717, 1.165) is 11.1 Å². The van der Waals surface area contributed by atoms with Crippen molar-refractivity contribution in [3.63, 3.8) is 0 Å². The van der Waals surface area contributed by atoms with Crippen LogP contribution in [0.1, 0.15) is 77.1 Å².